The Hall–Kier alpha value is -5.99. The van der Waals surface area contributed by atoms with E-state index in [0.717, 1.165) is 44.2 Å². The van der Waals surface area contributed by atoms with Gasteiger partial charge < -0.3 is 44.0 Å². The van der Waals surface area contributed by atoms with Crippen molar-refractivity contribution < 1.29 is 46.9 Å². The Morgan fingerprint density at radius 3 is 2.54 bits per heavy atom. The summed E-state index contributed by atoms with van der Waals surface area (Å²) in [6, 6.07) is 20.5. The number of nitrogens with zero attached hydrogens (tertiary/aromatic N) is 4. The van der Waals surface area contributed by atoms with E-state index in [-0.39, 0.29) is 71.1 Å². The third kappa shape index (κ3) is 10.2. The molecule has 0 unspecified atom stereocenters. The zero-order valence-electron chi connectivity index (χ0n) is 42.3. The molecule has 74 heavy (non-hydrogen) atoms. The van der Waals surface area contributed by atoms with E-state index in [2.05, 4.69) is 62.9 Å². The molecular formula is C55H67N7O11S. The summed E-state index contributed by atoms with van der Waals surface area (Å²) in [5.41, 5.74) is 3.23. The Kier molecular flexibility index (Phi) is 13.7. The fraction of sp³-hybridized carbons (Fsp3) is 0.527. The van der Waals surface area contributed by atoms with Crippen LogP contribution in [-0.2, 0) is 19.5 Å². The number of rotatable bonds is 14. The normalized spacial score (nSPS) is 25.2. The molecule has 5 aromatic rings. The van der Waals surface area contributed by atoms with Crippen LogP contribution in [0.3, 0.4) is 0 Å². The van der Waals surface area contributed by atoms with Crippen molar-refractivity contribution in [3.8, 4) is 23.1 Å². The first-order valence-electron chi connectivity index (χ1n) is 26.3. The number of amides is 1. The predicted octanol–water partition coefficient (Wildman–Crippen LogP) is 9.00. The van der Waals surface area contributed by atoms with Gasteiger partial charge in [-0.05, 0) is 130 Å². The first-order valence-corrected chi connectivity index (χ1v) is 27.8. The summed E-state index contributed by atoms with van der Waals surface area (Å²) in [5, 5.41) is 27.0. The molecule has 5 fully saturated rings. The van der Waals surface area contributed by atoms with Gasteiger partial charge in [0.05, 0.1) is 46.8 Å². The highest BCUT2D eigenvalue weighted by Gasteiger charge is 2.50. The van der Waals surface area contributed by atoms with E-state index in [0.29, 0.717) is 74.5 Å². The molecule has 0 radical (unpaired) electrons. The van der Waals surface area contributed by atoms with Crippen molar-refractivity contribution in [3.63, 3.8) is 0 Å². The number of ether oxygens (including phenoxy) is 5. The van der Waals surface area contributed by atoms with Gasteiger partial charge in [0, 0.05) is 60.6 Å². The summed E-state index contributed by atoms with van der Waals surface area (Å²) in [6.07, 6.45) is 10.7. The molecule has 4 N–H and O–H groups in total. The monoisotopic (exact) mass is 1030 g/mol. The van der Waals surface area contributed by atoms with E-state index < -0.39 is 37.0 Å². The minimum absolute atomic E-state index is 0.0155. The number of H-pyrrole nitrogens is 1. The number of carbonyl (C=O) groups excluding carboxylic acids is 1. The van der Waals surface area contributed by atoms with Crippen LogP contribution < -0.4 is 29.1 Å². The first-order chi connectivity index (χ1) is 35.6. The van der Waals surface area contributed by atoms with Gasteiger partial charge in [-0.2, -0.15) is 4.98 Å². The molecule has 18 nitrogen and oxygen atoms in total. The molecule has 1 spiro atoms. The fourth-order valence-corrected chi connectivity index (χ4v) is 13.4. The lowest BCUT2D eigenvalue weighted by atomic mass is 9.59. The van der Waals surface area contributed by atoms with E-state index in [1.807, 2.05) is 6.07 Å². The zero-order chi connectivity index (χ0) is 51.4. The number of aliphatic hydroxyl groups is 1. The van der Waals surface area contributed by atoms with Gasteiger partial charge in [0.15, 0.2) is 17.2 Å². The third-order valence-electron chi connectivity index (χ3n) is 16.7. The van der Waals surface area contributed by atoms with Crippen LogP contribution in [0.5, 0.6) is 23.1 Å². The summed E-state index contributed by atoms with van der Waals surface area (Å²) >= 11 is 0. The van der Waals surface area contributed by atoms with Crippen LogP contribution in [0.1, 0.15) is 118 Å². The van der Waals surface area contributed by atoms with E-state index >= 15 is 0 Å². The van der Waals surface area contributed by atoms with E-state index in [9.17, 15) is 28.4 Å². The highest BCUT2D eigenvalue weighted by atomic mass is 32.2. The van der Waals surface area contributed by atoms with Crippen molar-refractivity contribution in [2.75, 3.05) is 62.9 Å². The lowest BCUT2D eigenvalue weighted by molar-refractivity contribution is -0.384. The van der Waals surface area contributed by atoms with Gasteiger partial charge in [-0.15, -0.1) is 0 Å². The van der Waals surface area contributed by atoms with Crippen molar-refractivity contribution >= 4 is 44.0 Å². The number of sulfonamides is 1. The molecule has 2 aromatic heterocycles. The minimum Gasteiger partial charge on any atom is -0.489 e. The number of nitro groups is 1. The van der Waals surface area contributed by atoms with Gasteiger partial charge >= 0.3 is 0 Å². The van der Waals surface area contributed by atoms with E-state index in [1.54, 1.807) is 37.4 Å². The second kappa shape index (κ2) is 20.3. The number of nitrogens with one attached hydrogen (secondary N) is 3. The Balaban J connectivity index is 0.843. The number of likely N-dealkylation sites (tertiary alicyclic amines) is 1. The number of nitro benzene ring substituents is 1. The summed E-state index contributed by atoms with van der Waals surface area (Å²) in [4.78, 5) is 38.7. The molecule has 0 bridgehead atoms. The molecule has 6 aliphatic rings. The Morgan fingerprint density at radius 1 is 0.986 bits per heavy atom. The van der Waals surface area contributed by atoms with Gasteiger partial charge in [-0.3, -0.25) is 19.8 Å². The van der Waals surface area contributed by atoms with Crippen LogP contribution in [0.2, 0.25) is 0 Å². The second-order valence-corrected chi connectivity index (χ2v) is 23.7. The molecule has 1 amide bonds. The maximum atomic E-state index is 14.5. The van der Waals surface area contributed by atoms with Crippen molar-refractivity contribution in [2.45, 2.75) is 126 Å². The lowest BCUT2D eigenvalue weighted by Crippen LogP contribution is -2.54. The number of aromatic nitrogens is 2. The Labute approximate surface area is 431 Å². The second-order valence-electron chi connectivity index (χ2n) is 22.0. The van der Waals surface area contributed by atoms with Crippen molar-refractivity contribution in [3.05, 3.63) is 99.7 Å². The van der Waals surface area contributed by atoms with Crippen LogP contribution in [-0.4, -0.2) is 116 Å². The van der Waals surface area contributed by atoms with Crippen LogP contribution in [0, 0.1) is 21.4 Å². The minimum atomic E-state index is -4.74. The van der Waals surface area contributed by atoms with Crippen LogP contribution in [0.25, 0.3) is 11.0 Å². The zero-order valence-corrected chi connectivity index (χ0v) is 43.2. The third-order valence-corrected chi connectivity index (χ3v) is 18.0. The first kappa shape index (κ1) is 50.2. The SMILES string of the molecule is CC(C)c1ccccc1[C@H]1CCCN1C1CC2(CCN(c3ccc(C(=O)NS(=O)(=O)c4cc5c(c([N+](=O)[O-])c4)N[C@@H]([C@H]4CC[C@](C)(O)CC4)CO5)c(Oc4cc5cc[nH]c5nc4OC[C@H]4COCCO4)c3)CC2)C1. The molecule has 3 saturated heterocycles. The van der Waals surface area contributed by atoms with Gasteiger partial charge in [-0.25, -0.2) is 13.1 Å². The molecule has 11 rings (SSSR count). The highest BCUT2D eigenvalue weighted by molar-refractivity contribution is 7.90. The molecule has 4 aliphatic heterocycles. The summed E-state index contributed by atoms with van der Waals surface area (Å²) in [5.74, 6) is -0.104. The predicted molar refractivity (Wildman–Crippen MR) is 278 cm³/mol. The van der Waals surface area contributed by atoms with Gasteiger partial charge in [0.1, 0.15) is 30.7 Å². The van der Waals surface area contributed by atoms with Crippen molar-refractivity contribution in [1.82, 2.24) is 19.6 Å². The Morgan fingerprint density at radius 2 is 1.78 bits per heavy atom. The molecular weight excluding hydrogens is 967 g/mol. The van der Waals surface area contributed by atoms with E-state index in [4.69, 9.17) is 28.7 Å². The lowest BCUT2D eigenvalue weighted by Gasteiger charge is -2.56. The number of carbonyl (C=O) groups is 1. The summed E-state index contributed by atoms with van der Waals surface area (Å²) < 4.78 is 60.9. The molecule has 394 valence electrons. The van der Waals surface area contributed by atoms with Crippen molar-refractivity contribution in [1.29, 1.82) is 0 Å². The summed E-state index contributed by atoms with van der Waals surface area (Å²) in [7, 11) is -4.74. The summed E-state index contributed by atoms with van der Waals surface area (Å²) in [6.45, 7) is 10.6. The fourth-order valence-electron chi connectivity index (χ4n) is 12.4. The molecule has 19 heteroatoms. The Bertz CT molecular complexity index is 3000. The van der Waals surface area contributed by atoms with E-state index in [1.165, 1.54) is 42.9 Å². The van der Waals surface area contributed by atoms with Crippen LogP contribution in [0.4, 0.5) is 17.1 Å². The number of hydrogen-bond donors (Lipinski definition) is 4. The largest absolute Gasteiger partial charge is 0.489 e. The molecule has 2 saturated carbocycles. The maximum Gasteiger partial charge on any atom is 0.297 e. The quantitative estimate of drug-likeness (QED) is 0.0602. The number of hydrogen-bond acceptors (Lipinski definition) is 15. The van der Waals surface area contributed by atoms with Crippen molar-refractivity contribution in [2.24, 2.45) is 11.3 Å². The molecule has 6 heterocycles. The molecule has 2 aliphatic carbocycles. The number of fused-ring (bicyclic) bond motifs is 2. The number of benzene rings is 3. The average molecular weight is 1030 g/mol. The van der Waals surface area contributed by atoms with Gasteiger partial charge in [0.2, 0.25) is 0 Å². The number of anilines is 2. The number of piperidine rings is 1. The molecule has 3 aromatic carbocycles. The standard InChI is InChI=1S/C55H67N7O11S/c1-34(2)41-7-4-5-8-42(41)45-9-6-20-61(45)38-29-55(30-38)17-21-60(22-18-55)37-10-11-43(47(26-37)73-49-25-36-14-19-56-51(36)58-53(49)72-32-39-31-69-23-24-70-39)52(63)59-74(67,68)40-27-46(62(65)66)50-48(28-40)71-33-44(57-50)35-12-15-54(3,64)16-13-35/h4-5,7-8,10-11,14,19,25-28,34-35,38-39,44-45,57,64H,6,9,12-13,15-18,20-24,29-33H2,1-3H3,(H,56,58)(H,59,63)/t35-,39-,44-,45-,54-/m1/s1. The topological polar surface area (TPSA) is 220 Å². The molecule has 3 atom stereocenters. The maximum absolute atomic E-state index is 14.5. The smallest absolute Gasteiger partial charge is 0.297 e. The van der Waals surface area contributed by atoms with Crippen LogP contribution in [0.15, 0.2) is 77.8 Å². The van der Waals surface area contributed by atoms with Crippen LogP contribution >= 0.6 is 0 Å². The van der Waals surface area contributed by atoms with Gasteiger partial charge in [-0.1, -0.05) is 38.1 Å². The number of pyridine rings is 1. The highest BCUT2D eigenvalue weighted by Crippen LogP contribution is 2.54. The number of aromatic amines is 1. The van der Waals surface area contributed by atoms with Gasteiger partial charge in [0.25, 0.3) is 27.5 Å². The average Bonchev–Trinajstić information content (AvgIpc) is 4.07.